The number of nitrogens with one attached hydrogen (secondary N) is 1. The van der Waals surface area contributed by atoms with Crippen molar-refractivity contribution in [2.45, 2.75) is 46.5 Å². The van der Waals surface area contributed by atoms with Crippen LogP contribution in [-0.2, 0) is 22.4 Å². The van der Waals surface area contributed by atoms with Crippen LogP contribution in [0.4, 0.5) is 5.69 Å². The second-order valence-electron chi connectivity index (χ2n) is 8.28. The highest BCUT2D eigenvalue weighted by molar-refractivity contribution is 6.05. The lowest BCUT2D eigenvalue weighted by Gasteiger charge is -2.13. The number of aryl methyl sites for hydroxylation is 3. The molecule has 6 heteroatoms. The highest BCUT2D eigenvalue weighted by Crippen LogP contribution is 2.41. The van der Waals surface area contributed by atoms with E-state index in [9.17, 15) is 9.59 Å². The van der Waals surface area contributed by atoms with Crippen molar-refractivity contribution in [3.05, 3.63) is 64.4 Å². The predicted molar refractivity (Wildman–Crippen MR) is 129 cm³/mol. The fourth-order valence-corrected chi connectivity index (χ4v) is 4.45. The molecule has 1 aromatic heterocycles. The number of esters is 1. The van der Waals surface area contributed by atoms with E-state index in [1.54, 1.807) is 44.4 Å². The number of ether oxygens (including phenoxy) is 2. The number of allylic oxidation sites excluding steroid dienone is 1. The number of rotatable bonds is 6. The Morgan fingerprint density at radius 1 is 1.15 bits per heavy atom. The number of benzene rings is 2. The van der Waals surface area contributed by atoms with Gasteiger partial charge in [-0.1, -0.05) is 0 Å². The molecule has 0 radical (unpaired) electrons. The van der Waals surface area contributed by atoms with Gasteiger partial charge < -0.3 is 19.2 Å². The smallest absolute Gasteiger partial charge is 0.338 e. The Hall–Kier alpha value is -3.54. The van der Waals surface area contributed by atoms with Crippen molar-refractivity contribution in [1.82, 2.24) is 0 Å². The van der Waals surface area contributed by atoms with E-state index in [0.29, 0.717) is 23.6 Å². The Bertz CT molecular complexity index is 1230. The minimum atomic E-state index is -0.384. The Morgan fingerprint density at radius 3 is 2.58 bits per heavy atom. The van der Waals surface area contributed by atoms with Gasteiger partial charge in [0, 0.05) is 40.3 Å². The van der Waals surface area contributed by atoms with E-state index in [1.807, 2.05) is 13.8 Å². The van der Waals surface area contributed by atoms with Gasteiger partial charge in [-0.2, -0.15) is 0 Å². The normalized spacial score (nSPS) is 13.5. The van der Waals surface area contributed by atoms with Crippen molar-refractivity contribution < 1.29 is 23.5 Å². The monoisotopic (exact) mass is 447 g/mol. The van der Waals surface area contributed by atoms with Gasteiger partial charge in [-0.05, 0) is 75.9 Å². The summed E-state index contributed by atoms with van der Waals surface area (Å²) < 4.78 is 16.9. The summed E-state index contributed by atoms with van der Waals surface area (Å²) in [6, 6.07) is 8.71. The van der Waals surface area contributed by atoms with Gasteiger partial charge in [-0.25, -0.2) is 4.79 Å². The summed E-state index contributed by atoms with van der Waals surface area (Å²) in [5.74, 6) is 1.15. The van der Waals surface area contributed by atoms with Crippen LogP contribution < -0.4 is 10.1 Å². The molecule has 6 nitrogen and oxygen atoms in total. The van der Waals surface area contributed by atoms with Gasteiger partial charge >= 0.3 is 5.97 Å². The van der Waals surface area contributed by atoms with Crippen LogP contribution >= 0.6 is 0 Å². The van der Waals surface area contributed by atoms with Crippen LogP contribution in [0.5, 0.6) is 5.75 Å². The lowest BCUT2D eigenvalue weighted by Crippen LogP contribution is -2.09. The van der Waals surface area contributed by atoms with Crippen molar-refractivity contribution in [2.75, 3.05) is 19.0 Å². The van der Waals surface area contributed by atoms with Gasteiger partial charge in [-0.3, -0.25) is 4.79 Å². The van der Waals surface area contributed by atoms with Gasteiger partial charge in [0.15, 0.2) is 0 Å². The molecule has 1 aliphatic rings. The molecule has 0 fully saturated rings. The van der Waals surface area contributed by atoms with Crippen LogP contribution in [0.25, 0.3) is 16.5 Å². The van der Waals surface area contributed by atoms with E-state index in [0.717, 1.165) is 59.1 Å². The molecular weight excluding hydrogens is 418 g/mol. The first-order valence-corrected chi connectivity index (χ1v) is 11.3. The van der Waals surface area contributed by atoms with Crippen LogP contribution in [0.2, 0.25) is 0 Å². The maximum Gasteiger partial charge on any atom is 0.338 e. The van der Waals surface area contributed by atoms with Gasteiger partial charge in [0.05, 0.1) is 19.3 Å². The SMILES string of the molecule is CCOC(=O)c1ccc(NC(=O)/C=C(\C)c2cc3c4c(oc3c(C)c2OC)CCCC4)cc1. The fraction of sp³-hybridized carbons (Fsp3) is 0.333. The van der Waals surface area contributed by atoms with E-state index in [-0.39, 0.29) is 11.9 Å². The first-order valence-electron chi connectivity index (χ1n) is 11.3. The number of carbonyl (C=O) groups is 2. The zero-order chi connectivity index (χ0) is 23.5. The number of methoxy groups -OCH3 is 1. The predicted octanol–water partition coefficient (Wildman–Crippen LogP) is 5.85. The lowest BCUT2D eigenvalue weighted by atomic mass is 9.93. The van der Waals surface area contributed by atoms with E-state index in [2.05, 4.69) is 11.4 Å². The average molecular weight is 448 g/mol. The first kappa shape index (κ1) is 22.6. The van der Waals surface area contributed by atoms with Crippen LogP contribution in [-0.4, -0.2) is 25.6 Å². The number of hydrogen-bond acceptors (Lipinski definition) is 5. The largest absolute Gasteiger partial charge is 0.496 e. The second-order valence-corrected chi connectivity index (χ2v) is 8.28. The van der Waals surface area contributed by atoms with Crippen LogP contribution in [0.15, 0.2) is 40.8 Å². The van der Waals surface area contributed by atoms with Gasteiger partial charge in [0.25, 0.3) is 0 Å². The molecule has 0 saturated heterocycles. The third kappa shape index (κ3) is 4.51. The van der Waals surface area contributed by atoms with Gasteiger partial charge in [0.2, 0.25) is 5.91 Å². The fourth-order valence-electron chi connectivity index (χ4n) is 4.45. The van der Waals surface area contributed by atoms with Crippen molar-refractivity contribution in [3.8, 4) is 5.75 Å². The van der Waals surface area contributed by atoms with Crippen LogP contribution in [0, 0.1) is 6.92 Å². The third-order valence-electron chi connectivity index (χ3n) is 6.07. The molecule has 0 atom stereocenters. The lowest BCUT2D eigenvalue weighted by molar-refractivity contribution is -0.111. The number of fused-ring (bicyclic) bond motifs is 3. The molecule has 1 N–H and O–H groups in total. The standard InChI is InChI=1S/C27H29NO5/c1-5-32-27(30)18-10-12-19(13-11-18)28-24(29)14-16(2)21-15-22-20-8-6-7-9-23(20)33-26(22)17(3)25(21)31-4/h10-15H,5-9H2,1-4H3,(H,28,29)/b16-14+. The Labute approximate surface area is 193 Å². The van der Waals surface area contributed by atoms with Crippen molar-refractivity contribution in [3.63, 3.8) is 0 Å². The van der Waals surface area contributed by atoms with E-state index < -0.39 is 0 Å². The Morgan fingerprint density at radius 2 is 1.88 bits per heavy atom. The minimum absolute atomic E-state index is 0.259. The van der Waals surface area contributed by atoms with Gasteiger partial charge in [0.1, 0.15) is 17.1 Å². The van der Waals surface area contributed by atoms with Crippen molar-refractivity contribution >= 4 is 34.1 Å². The molecule has 0 spiro atoms. The second kappa shape index (κ2) is 9.53. The quantitative estimate of drug-likeness (QED) is 0.379. The summed E-state index contributed by atoms with van der Waals surface area (Å²) >= 11 is 0. The summed E-state index contributed by atoms with van der Waals surface area (Å²) in [5, 5.41) is 3.96. The molecule has 3 aromatic rings. The molecule has 172 valence electrons. The van der Waals surface area contributed by atoms with Gasteiger partial charge in [-0.15, -0.1) is 0 Å². The average Bonchev–Trinajstić information content (AvgIpc) is 3.18. The Balaban J connectivity index is 1.60. The third-order valence-corrected chi connectivity index (χ3v) is 6.07. The molecular formula is C27H29NO5. The van der Waals surface area contributed by atoms with E-state index >= 15 is 0 Å². The maximum absolute atomic E-state index is 12.7. The molecule has 4 rings (SSSR count). The van der Waals surface area contributed by atoms with Crippen LogP contribution in [0.1, 0.15) is 59.5 Å². The summed E-state index contributed by atoms with van der Waals surface area (Å²) in [5.41, 5.74) is 5.82. The molecule has 0 aliphatic heterocycles. The molecule has 1 amide bonds. The van der Waals surface area contributed by atoms with Crippen molar-refractivity contribution in [1.29, 1.82) is 0 Å². The molecule has 2 aromatic carbocycles. The highest BCUT2D eigenvalue weighted by Gasteiger charge is 2.23. The summed E-state index contributed by atoms with van der Waals surface area (Å²) in [6.45, 7) is 5.98. The number of amides is 1. The molecule has 0 unspecified atom stereocenters. The highest BCUT2D eigenvalue weighted by atomic mass is 16.5. The van der Waals surface area contributed by atoms with E-state index in [4.69, 9.17) is 13.9 Å². The maximum atomic E-state index is 12.7. The van der Waals surface area contributed by atoms with E-state index in [1.165, 1.54) is 5.56 Å². The summed E-state index contributed by atoms with van der Waals surface area (Å²) in [7, 11) is 1.64. The molecule has 0 bridgehead atoms. The zero-order valence-electron chi connectivity index (χ0n) is 19.5. The first-order chi connectivity index (χ1) is 15.9. The minimum Gasteiger partial charge on any atom is -0.496 e. The number of hydrogen-bond donors (Lipinski definition) is 1. The molecule has 1 aliphatic carbocycles. The topological polar surface area (TPSA) is 77.8 Å². The van der Waals surface area contributed by atoms with Crippen LogP contribution in [0.3, 0.4) is 0 Å². The number of carbonyl (C=O) groups excluding carboxylic acids is 2. The molecule has 1 heterocycles. The molecule has 33 heavy (non-hydrogen) atoms. The molecule has 0 saturated carbocycles. The number of furan rings is 1. The summed E-state index contributed by atoms with van der Waals surface area (Å²) in [4.78, 5) is 24.5. The van der Waals surface area contributed by atoms with Crippen molar-refractivity contribution in [2.24, 2.45) is 0 Å². The number of anilines is 1. The zero-order valence-corrected chi connectivity index (χ0v) is 19.5. The Kier molecular flexibility index (Phi) is 6.54. The summed E-state index contributed by atoms with van der Waals surface area (Å²) in [6.07, 6.45) is 5.85.